The Hall–Kier alpha value is -1.37. The van der Waals surface area contributed by atoms with Crippen LogP contribution in [0.15, 0.2) is 40.9 Å². The molecule has 2 aliphatic heterocycles. The molecule has 2 aromatic rings. The molecule has 0 unspecified atom stereocenters. The van der Waals surface area contributed by atoms with Gasteiger partial charge < -0.3 is 10.1 Å². The lowest BCUT2D eigenvalue weighted by Gasteiger charge is -2.56. The van der Waals surface area contributed by atoms with Crippen molar-refractivity contribution in [3.05, 3.63) is 57.3 Å². The number of nitrogens with zero attached hydrogens (tertiary/aromatic N) is 1. The molecule has 4 rings (SSSR count). The van der Waals surface area contributed by atoms with Gasteiger partial charge in [0.05, 0.1) is 11.1 Å². The highest BCUT2D eigenvalue weighted by atomic mass is 79.9. The smallest absolute Gasteiger partial charge is 0.190 e. The second-order valence-electron chi connectivity index (χ2n) is 6.49. The Morgan fingerprint density at radius 1 is 1.32 bits per heavy atom. The van der Waals surface area contributed by atoms with Crippen molar-refractivity contribution in [3.63, 3.8) is 0 Å². The summed E-state index contributed by atoms with van der Waals surface area (Å²) >= 11 is 15.1. The molecule has 0 saturated carbocycles. The number of thiocarbonyl (C=S) groups is 1. The van der Waals surface area contributed by atoms with Gasteiger partial charge in [0, 0.05) is 21.6 Å². The van der Waals surface area contributed by atoms with E-state index in [9.17, 15) is 4.39 Å². The molecule has 130 valence electrons. The highest BCUT2D eigenvalue weighted by molar-refractivity contribution is 9.10. The van der Waals surface area contributed by atoms with Gasteiger partial charge >= 0.3 is 0 Å². The van der Waals surface area contributed by atoms with Gasteiger partial charge in [-0.3, -0.25) is 4.90 Å². The van der Waals surface area contributed by atoms with Gasteiger partial charge in [-0.2, -0.15) is 0 Å². The first-order valence-electron chi connectivity index (χ1n) is 7.85. The largest absolute Gasteiger partial charge is 0.467 e. The summed E-state index contributed by atoms with van der Waals surface area (Å²) < 4.78 is 21.0. The molecule has 2 heterocycles. The molecule has 2 aliphatic rings. The zero-order valence-corrected chi connectivity index (χ0v) is 16.7. The second kappa shape index (κ2) is 5.83. The Kier molecular flexibility index (Phi) is 3.98. The number of hydrogen-bond donors (Lipinski definition) is 1. The molecule has 25 heavy (non-hydrogen) atoms. The van der Waals surface area contributed by atoms with Crippen LogP contribution in [0.5, 0.6) is 5.75 Å². The van der Waals surface area contributed by atoms with E-state index in [1.54, 1.807) is 12.1 Å². The Balaban J connectivity index is 1.85. The number of ether oxygens (including phenoxy) is 1. The molecule has 3 nitrogen and oxygen atoms in total. The maximum absolute atomic E-state index is 13.6. The molecule has 1 N–H and O–H groups in total. The average molecular weight is 442 g/mol. The molecule has 3 atom stereocenters. The highest BCUT2D eigenvalue weighted by Gasteiger charge is 2.53. The molecule has 0 aliphatic carbocycles. The first-order valence-corrected chi connectivity index (χ1v) is 9.43. The summed E-state index contributed by atoms with van der Waals surface area (Å²) in [6.45, 7) is 4.11. The highest BCUT2D eigenvalue weighted by Crippen LogP contribution is 2.49. The number of anilines is 1. The molecule has 1 fully saturated rings. The van der Waals surface area contributed by atoms with Gasteiger partial charge in [0.2, 0.25) is 0 Å². The molecule has 1 saturated heterocycles. The zero-order valence-electron chi connectivity index (χ0n) is 13.5. The van der Waals surface area contributed by atoms with Crippen LogP contribution in [0.3, 0.4) is 0 Å². The summed E-state index contributed by atoms with van der Waals surface area (Å²) in [5.41, 5.74) is 1.05. The predicted molar refractivity (Wildman–Crippen MR) is 105 cm³/mol. The summed E-state index contributed by atoms with van der Waals surface area (Å²) in [5, 5.41) is 3.99. The van der Waals surface area contributed by atoms with Crippen molar-refractivity contribution in [2.45, 2.75) is 25.6 Å². The number of hydrogen-bond acceptors (Lipinski definition) is 2. The molecule has 0 amide bonds. The van der Waals surface area contributed by atoms with Crippen molar-refractivity contribution in [3.8, 4) is 5.75 Å². The minimum Gasteiger partial charge on any atom is -0.467 e. The summed E-state index contributed by atoms with van der Waals surface area (Å²) in [5.74, 6) is 0.434. The average Bonchev–Trinajstić information content (AvgIpc) is 2.55. The van der Waals surface area contributed by atoms with E-state index in [1.165, 1.54) is 6.07 Å². The number of benzene rings is 2. The van der Waals surface area contributed by atoms with E-state index in [0.29, 0.717) is 10.8 Å². The fraction of sp³-hybridized carbons (Fsp3) is 0.278. The summed E-state index contributed by atoms with van der Waals surface area (Å²) in [6, 6.07) is 10.6. The van der Waals surface area contributed by atoms with Crippen LogP contribution in [-0.2, 0) is 0 Å². The normalized spacial score (nSPS) is 27.4. The van der Waals surface area contributed by atoms with Crippen molar-refractivity contribution < 1.29 is 9.13 Å². The summed E-state index contributed by atoms with van der Waals surface area (Å²) in [4.78, 5) is 1.87. The second-order valence-corrected chi connectivity index (χ2v) is 8.20. The maximum atomic E-state index is 13.6. The van der Waals surface area contributed by atoms with Gasteiger partial charge in [-0.05, 0) is 55.5 Å². The molecular formula is C18H15BrClFN2OS. The molecule has 0 spiro atoms. The van der Waals surface area contributed by atoms with Gasteiger partial charge in [0.15, 0.2) is 10.8 Å². The van der Waals surface area contributed by atoms with E-state index in [0.717, 1.165) is 15.8 Å². The van der Waals surface area contributed by atoms with E-state index >= 15 is 0 Å². The van der Waals surface area contributed by atoms with E-state index in [4.69, 9.17) is 28.6 Å². The van der Waals surface area contributed by atoms with Gasteiger partial charge in [0.1, 0.15) is 11.6 Å². The van der Waals surface area contributed by atoms with Gasteiger partial charge in [-0.25, -0.2) is 4.39 Å². The molecule has 0 aromatic heterocycles. The first-order chi connectivity index (χ1) is 11.8. The minimum absolute atomic E-state index is 0.0333. The number of nitrogens with one attached hydrogen (secondary N) is 1. The van der Waals surface area contributed by atoms with Crippen LogP contribution in [-0.4, -0.2) is 10.8 Å². The minimum atomic E-state index is -0.713. The molecular weight excluding hydrogens is 427 g/mol. The topological polar surface area (TPSA) is 24.5 Å². The quantitative estimate of drug-likeness (QED) is 0.597. The monoisotopic (exact) mass is 440 g/mol. The van der Waals surface area contributed by atoms with E-state index in [1.807, 2.05) is 24.0 Å². The molecule has 0 radical (unpaired) electrons. The number of rotatable bonds is 1. The van der Waals surface area contributed by atoms with Crippen molar-refractivity contribution >= 4 is 50.5 Å². The Bertz CT molecular complexity index is 895. The van der Waals surface area contributed by atoms with Crippen LogP contribution in [0.25, 0.3) is 0 Å². The van der Waals surface area contributed by atoms with Crippen LogP contribution in [0.4, 0.5) is 10.1 Å². The fourth-order valence-electron chi connectivity index (χ4n) is 3.60. The summed E-state index contributed by atoms with van der Waals surface area (Å²) in [7, 11) is 0. The van der Waals surface area contributed by atoms with E-state index in [-0.39, 0.29) is 17.0 Å². The van der Waals surface area contributed by atoms with Crippen molar-refractivity contribution in [2.75, 3.05) is 4.90 Å². The van der Waals surface area contributed by atoms with Gasteiger partial charge in [-0.15, -0.1) is 0 Å². The van der Waals surface area contributed by atoms with Crippen LogP contribution >= 0.6 is 39.7 Å². The van der Waals surface area contributed by atoms with Gasteiger partial charge in [-0.1, -0.05) is 34.5 Å². The van der Waals surface area contributed by atoms with E-state index in [2.05, 4.69) is 34.2 Å². The number of halogens is 3. The van der Waals surface area contributed by atoms with Crippen LogP contribution in [0, 0.1) is 11.7 Å². The lowest BCUT2D eigenvalue weighted by atomic mass is 9.80. The fourth-order valence-corrected chi connectivity index (χ4v) is 4.57. The van der Waals surface area contributed by atoms with Gasteiger partial charge in [0.25, 0.3) is 0 Å². The Morgan fingerprint density at radius 2 is 2.08 bits per heavy atom. The third-order valence-electron chi connectivity index (χ3n) is 5.06. The first kappa shape index (κ1) is 17.1. The third kappa shape index (κ3) is 2.54. The third-order valence-corrected chi connectivity index (χ3v) is 6.14. The molecule has 2 bridgehead atoms. The summed E-state index contributed by atoms with van der Waals surface area (Å²) in [6.07, 6.45) is 0. The zero-order chi connectivity index (χ0) is 17.9. The Labute approximate surface area is 164 Å². The lowest BCUT2D eigenvalue weighted by Crippen LogP contribution is -2.69. The van der Waals surface area contributed by atoms with E-state index < -0.39 is 11.5 Å². The number of fused-ring (bicyclic) bond motifs is 4. The SMILES string of the molecule is C[C@H]1[C@H]2NC(=S)N(c3ccc(F)c(Cl)c3)[C@@]1(C)Oc1ccc(Br)cc12. The van der Waals surface area contributed by atoms with Crippen LogP contribution < -0.4 is 15.0 Å². The van der Waals surface area contributed by atoms with Crippen LogP contribution in [0.1, 0.15) is 25.5 Å². The lowest BCUT2D eigenvalue weighted by molar-refractivity contribution is -0.00321. The maximum Gasteiger partial charge on any atom is 0.190 e. The standard InChI is InChI=1S/C18H15BrClFN2OS/c1-9-16-12-7-10(19)3-6-15(12)24-18(9,2)23(17(25)22-16)11-4-5-14(21)13(20)8-11/h3-9,16H,1-2H3,(H,22,25)/t9-,16+,18-/m0/s1. The Morgan fingerprint density at radius 3 is 2.80 bits per heavy atom. The molecule has 2 aromatic carbocycles. The van der Waals surface area contributed by atoms with Crippen molar-refractivity contribution in [1.29, 1.82) is 0 Å². The molecule has 7 heteroatoms. The van der Waals surface area contributed by atoms with Crippen molar-refractivity contribution in [2.24, 2.45) is 5.92 Å². The van der Waals surface area contributed by atoms with Crippen molar-refractivity contribution in [1.82, 2.24) is 5.32 Å². The predicted octanol–water partition coefficient (Wildman–Crippen LogP) is 5.42. The van der Waals surface area contributed by atoms with Crippen LogP contribution in [0.2, 0.25) is 5.02 Å².